The molecule has 0 aliphatic carbocycles. The molecule has 1 aromatic heterocycles. The number of nitrogens with zero attached hydrogens (tertiary/aromatic N) is 1. The van der Waals surface area contributed by atoms with E-state index in [-0.39, 0.29) is 17.6 Å². The molecule has 3 fully saturated rings. The Hall–Kier alpha value is -3.04. The van der Waals surface area contributed by atoms with Crippen molar-refractivity contribution in [2.24, 2.45) is 11.8 Å². The molecule has 0 radical (unpaired) electrons. The number of benzene rings is 1. The molecule has 7 rings (SSSR count). The molecule has 5 aliphatic rings. The number of esters is 2. The Morgan fingerprint density at radius 1 is 1.12 bits per heavy atom. The van der Waals surface area contributed by atoms with Crippen molar-refractivity contribution in [1.82, 2.24) is 9.88 Å². The van der Waals surface area contributed by atoms with Gasteiger partial charge in [-0.1, -0.05) is 18.2 Å². The zero-order valence-electron chi connectivity index (χ0n) is 22.2. The Labute approximate surface area is 234 Å². The maximum absolute atomic E-state index is 13.5. The van der Waals surface area contributed by atoms with Crippen LogP contribution in [0.1, 0.15) is 23.7 Å². The average Bonchev–Trinajstić information content (AvgIpc) is 3.28. The van der Waals surface area contributed by atoms with Crippen LogP contribution in [0.15, 0.2) is 36.1 Å². The van der Waals surface area contributed by atoms with Gasteiger partial charge in [0.2, 0.25) is 6.29 Å². The summed E-state index contributed by atoms with van der Waals surface area (Å²) >= 11 is 0. The molecule has 13 heteroatoms. The number of rotatable bonds is 4. The summed E-state index contributed by atoms with van der Waals surface area (Å²) in [7, 11) is 1.28. The molecule has 13 nitrogen and oxygen atoms in total. The second kappa shape index (κ2) is 10.1. The number of carbonyl (C=O) groups excluding carboxylic acids is 2. The topological polar surface area (TPSA) is 180 Å². The number of H-pyrrole nitrogens is 1. The number of para-hydroxylation sites is 1. The number of aliphatic hydroxyl groups excluding tert-OH is 4. The molecular weight excluding hydrogens is 540 g/mol. The monoisotopic (exact) mass is 572 g/mol. The number of aliphatic hydroxyl groups is 4. The van der Waals surface area contributed by atoms with Gasteiger partial charge in [0.15, 0.2) is 6.29 Å². The predicted octanol–water partition coefficient (Wildman–Crippen LogP) is -0.773. The Morgan fingerprint density at radius 2 is 1.93 bits per heavy atom. The third-order valence-electron chi connectivity index (χ3n) is 9.26. The summed E-state index contributed by atoms with van der Waals surface area (Å²) in [5.41, 5.74) is 3.25. The molecule has 5 N–H and O–H groups in total. The SMILES string of the molecule is COC(=O)C1=CO[C@H](O[C@@H]2O[C@H](CO)[C@@H](O)[C@H](O)[C@H]2O)[C@H]2[C@@H]1C[C@H]1c3[nH]c4ccccc4c3C[C@H]3C(=O)O[C@@H]2CN31. The molecule has 2 bridgehead atoms. The minimum atomic E-state index is -1.66. The summed E-state index contributed by atoms with van der Waals surface area (Å²) < 4.78 is 28.6. The van der Waals surface area contributed by atoms with Gasteiger partial charge in [0.05, 0.1) is 37.5 Å². The van der Waals surface area contributed by atoms with E-state index >= 15 is 0 Å². The molecule has 0 saturated carbocycles. The van der Waals surface area contributed by atoms with Gasteiger partial charge < -0.3 is 49.1 Å². The highest BCUT2D eigenvalue weighted by molar-refractivity contribution is 5.89. The first-order valence-corrected chi connectivity index (χ1v) is 13.8. The molecule has 220 valence electrons. The smallest absolute Gasteiger partial charge is 0.337 e. The molecule has 3 saturated heterocycles. The number of aromatic amines is 1. The minimum Gasteiger partial charge on any atom is -0.471 e. The Balaban J connectivity index is 1.28. The number of aromatic nitrogens is 1. The zero-order valence-corrected chi connectivity index (χ0v) is 22.2. The molecular formula is C28H32N2O11. The van der Waals surface area contributed by atoms with Gasteiger partial charge in [0.1, 0.15) is 36.6 Å². The summed E-state index contributed by atoms with van der Waals surface area (Å²) in [6, 6.07) is 7.17. The lowest BCUT2D eigenvalue weighted by molar-refractivity contribution is -0.345. The number of fused-ring (bicyclic) bond motifs is 7. The number of ether oxygens (including phenoxy) is 5. The largest absolute Gasteiger partial charge is 0.471 e. The third-order valence-corrected chi connectivity index (χ3v) is 9.26. The Bertz CT molecular complexity index is 1390. The van der Waals surface area contributed by atoms with Crippen LogP contribution in [0.5, 0.6) is 0 Å². The minimum absolute atomic E-state index is 0.249. The van der Waals surface area contributed by atoms with Crippen LogP contribution in [-0.4, -0.2) is 112 Å². The van der Waals surface area contributed by atoms with Crippen molar-refractivity contribution in [3.05, 3.63) is 47.4 Å². The van der Waals surface area contributed by atoms with E-state index in [1.807, 2.05) is 24.3 Å². The lowest BCUT2D eigenvalue weighted by Gasteiger charge is -2.46. The maximum Gasteiger partial charge on any atom is 0.337 e. The average molecular weight is 573 g/mol. The van der Waals surface area contributed by atoms with E-state index in [4.69, 9.17) is 23.7 Å². The maximum atomic E-state index is 13.5. The first-order valence-electron chi connectivity index (χ1n) is 13.8. The zero-order chi connectivity index (χ0) is 28.6. The molecule has 2 aromatic rings. The summed E-state index contributed by atoms with van der Waals surface area (Å²) in [5, 5.41) is 41.7. The van der Waals surface area contributed by atoms with Crippen LogP contribution in [0.25, 0.3) is 10.9 Å². The molecule has 0 unspecified atom stereocenters. The van der Waals surface area contributed by atoms with Crippen molar-refractivity contribution >= 4 is 22.8 Å². The molecule has 1 aromatic carbocycles. The highest BCUT2D eigenvalue weighted by atomic mass is 16.8. The van der Waals surface area contributed by atoms with Crippen molar-refractivity contribution in [3.63, 3.8) is 0 Å². The summed E-state index contributed by atoms with van der Waals surface area (Å²) in [5.74, 6) is -2.24. The Kier molecular flexibility index (Phi) is 6.58. The first kappa shape index (κ1) is 26.8. The fraction of sp³-hybridized carbons (Fsp3) is 0.571. The van der Waals surface area contributed by atoms with Crippen molar-refractivity contribution in [2.45, 2.75) is 68.0 Å². The molecule has 6 heterocycles. The van der Waals surface area contributed by atoms with E-state index in [2.05, 4.69) is 9.88 Å². The number of morpholine rings is 1. The van der Waals surface area contributed by atoms with E-state index in [0.717, 1.165) is 22.2 Å². The number of nitrogens with one attached hydrogen (secondary N) is 1. The Morgan fingerprint density at radius 3 is 2.71 bits per heavy atom. The standard InChI is InChI=1S/C28H32N2O11/c1-37-25(35)14-10-38-27(41-28-24(34)23(33)22(32)19(9-31)40-28)20-12(14)6-16-21-13(11-4-2-3-5-15(11)29-21)7-17-26(36)39-18(20)8-30(16)17/h2-5,10,12,16-20,22-24,27-29,31-34H,6-9H2,1H3/t12-,16+,17+,18-,19-,20+,22-,23+,24-,27-,28+/m1/s1. The third kappa shape index (κ3) is 4.10. The second-order valence-electron chi connectivity index (χ2n) is 11.3. The van der Waals surface area contributed by atoms with Crippen molar-refractivity contribution in [2.75, 3.05) is 20.3 Å². The number of methoxy groups -OCH3 is 1. The molecule has 0 amide bonds. The van der Waals surface area contributed by atoms with E-state index in [0.29, 0.717) is 19.4 Å². The van der Waals surface area contributed by atoms with Crippen LogP contribution in [0, 0.1) is 11.8 Å². The van der Waals surface area contributed by atoms with Crippen LogP contribution >= 0.6 is 0 Å². The van der Waals surface area contributed by atoms with Gasteiger partial charge >= 0.3 is 11.9 Å². The van der Waals surface area contributed by atoms with E-state index < -0.39 is 73.6 Å². The number of hydrogen-bond donors (Lipinski definition) is 5. The molecule has 41 heavy (non-hydrogen) atoms. The summed E-state index contributed by atoms with van der Waals surface area (Å²) in [4.78, 5) is 32.1. The van der Waals surface area contributed by atoms with Crippen LogP contribution in [-0.2, 0) is 39.7 Å². The van der Waals surface area contributed by atoms with Crippen LogP contribution in [0.2, 0.25) is 0 Å². The van der Waals surface area contributed by atoms with Crippen LogP contribution in [0.3, 0.4) is 0 Å². The number of hydrogen-bond acceptors (Lipinski definition) is 12. The van der Waals surface area contributed by atoms with Gasteiger partial charge in [0, 0.05) is 35.5 Å². The van der Waals surface area contributed by atoms with Crippen molar-refractivity contribution < 1.29 is 53.7 Å². The van der Waals surface area contributed by atoms with Gasteiger partial charge in [0.25, 0.3) is 0 Å². The highest BCUT2D eigenvalue weighted by Gasteiger charge is 2.57. The van der Waals surface area contributed by atoms with Gasteiger partial charge in [-0.15, -0.1) is 0 Å². The van der Waals surface area contributed by atoms with E-state index in [1.165, 1.54) is 13.4 Å². The fourth-order valence-electron chi connectivity index (χ4n) is 7.25. The van der Waals surface area contributed by atoms with Crippen molar-refractivity contribution in [3.8, 4) is 0 Å². The van der Waals surface area contributed by atoms with Gasteiger partial charge in [-0.2, -0.15) is 0 Å². The summed E-state index contributed by atoms with van der Waals surface area (Å²) in [6.07, 6.45) is -7.30. The van der Waals surface area contributed by atoms with Crippen molar-refractivity contribution in [1.29, 1.82) is 0 Å². The molecule has 0 spiro atoms. The molecule has 5 aliphatic heterocycles. The normalized spacial score (nSPS) is 40.0. The first-order chi connectivity index (χ1) is 19.8. The quantitative estimate of drug-likeness (QED) is 0.289. The molecule has 11 atom stereocenters. The fourth-order valence-corrected chi connectivity index (χ4v) is 7.25. The van der Waals surface area contributed by atoms with Crippen LogP contribution in [0.4, 0.5) is 0 Å². The van der Waals surface area contributed by atoms with Crippen LogP contribution < -0.4 is 0 Å². The lowest BCUT2D eigenvalue weighted by atomic mass is 9.77. The second-order valence-corrected chi connectivity index (χ2v) is 11.3. The predicted molar refractivity (Wildman–Crippen MR) is 137 cm³/mol. The number of carbonyl (C=O) groups is 2. The van der Waals surface area contributed by atoms with Gasteiger partial charge in [-0.3, -0.25) is 9.69 Å². The van der Waals surface area contributed by atoms with E-state index in [1.54, 1.807) is 0 Å². The van der Waals surface area contributed by atoms with Gasteiger partial charge in [-0.25, -0.2) is 4.79 Å². The van der Waals surface area contributed by atoms with E-state index in [9.17, 15) is 30.0 Å². The highest BCUT2D eigenvalue weighted by Crippen LogP contribution is 2.51. The van der Waals surface area contributed by atoms with Gasteiger partial charge in [-0.05, 0) is 18.1 Å². The lowest BCUT2D eigenvalue weighted by Crippen LogP contribution is -2.61. The summed E-state index contributed by atoms with van der Waals surface area (Å²) in [6.45, 7) is -0.275.